The molecule has 0 saturated carbocycles. The summed E-state index contributed by atoms with van der Waals surface area (Å²) in [5.41, 5.74) is 7.87. The molecule has 2 aromatic rings. The minimum Gasteiger partial charge on any atom is -0.484 e. The molecule has 0 unspecified atom stereocenters. The Balaban J connectivity index is 1.75. The third kappa shape index (κ3) is 5.55. The number of nitrogens with one attached hydrogen (secondary N) is 2. The third-order valence-electron chi connectivity index (χ3n) is 3.18. The van der Waals surface area contributed by atoms with Crippen molar-refractivity contribution in [2.75, 3.05) is 6.61 Å². The van der Waals surface area contributed by atoms with Crippen molar-refractivity contribution in [1.82, 2.24) is 10.9 Å². The zero-order chi connectivity index (χ0) is 17.5. The van der Waals surface area contributed by atoms with Crippen LogP contribution < -0.4 is 15.6 Å². The second kappa shape index (κ2) is 8.31. The van der Waals surface area contributed by atoms with Gasteiger partial charge in [0.05, 0.1) is 0 Å². The maximum Gasteiger partial charge on any atom is 0.276 e. The molecule has 0 aliphatic heterocycles. The summed E-state index contributed by atoms with van der Waals surface area (Å²) in [5.74, 6) is -0.201. The molecule has 6 heteroatoms. The summed E-state index contributed by atoms with van der Waals surface area (Å²) >= 11 is 1.55. The van der Waals surface area contributed by atoms with Crippen LogP contribution in [0.2, 0.25) is 0 Å². The molecule has 0 spiro atoms. The Bertz CT molecular complexity index is 745. The van der Waals surface area contributed by atoms with E-state index in [1.165, 1.54) is 6.08 Å². The molecule has 2 amide bonds. The van der Waals surface area contributed by atoms with E-state index < -0.39 is 11.8 Å². The second-order valence-corrected chi connectivity index (χ2v) is 6.40. The highest BCUT2D eigenvalue weighted by Gasteiger charge is 2.05. The Morgan fingerprint density at radius 2 is 1.83 bits per heavy atom. The van der Waals surface area contributed by atoms with Gasteiger partial charge in [-0.25, -0.2) is 0 Å². The average molecular weight is 344 g/mol. The van der Waals surface area contributed by atoms with Gasteiger partial charge in [0.25, 0.3) is 11.8 Å². The molecule has 0 radical (unpaired) electrons. The van der Waals surface area contributed by atoms with Crippen molar-refractivity contribution < 1.29 is 14.3 Å². The van der Waals surface area contributed by atoms with Crippen LogP contribution in [0.25, 0.3) is 6.08 Å². The molecule has 0 fully saturated rings. The third-order valence-corrected chi connectivity index (χ3v) is 4.16. The number of aryl methyl sites for hydroxylation is 3. The summed E-state index contributed by atoms with van der Waals surface area (Å²) in [7, 11) is 0. The minimum atomic E-state index is -0.428. The van der Waals surface area contributed by atoms with E-state index in [2.05, 4.69) is 10.9 Å². The molecule has 24 heavy (non-hydrogen) atoms. The van der Waals surface area contributed by atoms with Gasteiger partial charge in [-0.2, -0.15) is 0 Å². The van der Waals surface area contributed by atoms with Gasteiger partial charge in [-0.15, -0.1) is 11.3 Å². The van der Waals surface area contributed by atoms with Gasteiger partial charge in [0.15, 0.2) is 6.61 Å². The van der Waals surface area contributed by atoms with Crippen molar-refractivity contribution in [2.45, 2.75) is 20.8 Å². The first kappa shape index (κ1) is 17.7. The maximum absolute atomic E-state index is 11.7. The monoisotopic (exact) mass is 344 g/mol. The number of carbonyl (C=O) groups is 2. The number of benzene rings is 1. The molecule has 1 aromatic carbocycles. The molecule has 0 aliphatic carbocycles. The van der Waals surface area contributed by atoms with Crippen LogP contribution in [0.4, 0.5) is 0 Å². The van der Waals surface area contributed by atoms with Crippen LogP contribution in [0.5, 0.6) is 5.75 Å². The fraction of sp³-hybridized carbons (Fsp3) is 0.222. The highest BCUT2D eigenvalue weighted by molar-refractivity contribution is 7.11. The smallest absolute Gasteiger partial charge is 0.276 e. The molecule has 2 rings (SSSR count). The Morgan fingerprint density at radius 3 is 2.46 bits per heavy atom. The lowest BCUT2D eigenvalue weighted by molar-refractivity contribution is -0.128. The van der Waals surface area contributed by atoms with E-state index in [-0.39, 0.29) is 6.61 Å². The number of rotatable bonds is 5. The number of hydrogen-bond acceptors (Lipinski definition) is 4. The van der Waals surface area contributed by atoms with Gasteiger partial charge in [-0.3, -0.25) is 20.4 Å². The van der Waals surface area contributed by atoms with E-state index >= 15 is 0 Å². The van der Waals surface area contributed by atoms with Crippen molar-refractivity contribution >= 4 is 29.2 Å². The molecule has 5 nitrogen and oxygen atoms in total. The van der Waals surface area contributed by atoms with Crippen molar-refractivity contribution in [3.05, 3.63) is 57.3 Å². The number of amides is 2. The van der Waals surface area contributed by atoms with Crippen LogP contribution in [0.1, 0.15) is 21.6 Å². The van der Waals surface area contributed by atoms with Crippen LogP contribution >= 0.6 is 11.3 Å². The Hall–Kier alpha value is -2.60. The van der Waals surface area contributed by atoms with Crippen molar-refractivity contribution in [1.29, 1.82) is 0 Å². The number of carbonyl (C=O) groups excluding carboxylic acids is 2. The summed E-state index contributed by atoms with van der Waals surface area (Å²) in [6.07, 6.45) is 3.09. The standard InChI is InChI=1S/C18H20N2O3S/c1-12-8-13(2)10-15(9-12)23-11-18(22)20-19-17(21)5-4-16-14(3)6-7-24-16/h4-10H,11H2,1-3H3,(H,19,21)(H,20,22)/b5-4+. The lowest BCUT2D eigenvalue weighted by Gasteiger charge is -2.09. The molecule has 0 bridgehead atoms. The Kier molecular flexibility index (Phi) is 6.14. The predicted octanol–water partition coefficient (Wildman–Crippen LogP) is 2.91. The summed E-state index contributed by atoms with van der Waals surface area (Å²) in [6.45, 7) is 5.72. The fourth-order valence-electron chi connectivity index (χ4n) is 2.08. The zero-order valence-electron chi connectivity index (χ0n) is 13.9. The SMILES string of the molecule is Cc1cc(C)cc(OCC(=O)NNC(=O)/C=C/c2sccc2C)c1. The predicted molar refractivity (Wildman–Crippen MR) is 95.8 cm³/mol. The first-order chi connectivity index (χ1) is 11.4. The van der Waals surface area contributed by atoms with E-state index in [4.69, 9.17) is 4.74 Å². The maximum atomic E-state index is 11.7. The average Bonchev–Trinajstić information content (AvgIpc) is 2.93. The zero-order valence-corrected chi connectivity index (χ0v) is 14.7. The normalized spacial score (nSPS) is 10.6. The molecule has 126 valence electrons. The van der Waals surface area contributed by atoms with E-state index in [0.29, 0.717) is 5.75 Å². The van der Waals surface area contributed by atoms with Gasteiger partial charge in [-0.05, 0) is 67.1 Å². The molecule has 0 saturated heterocycles. The summed E-state index contributed by atoms with van der Waals surface area (Å²) in [5, 5.41) is 1.96. The molecule has 0 atom stereocenters. The lowest BCUT2D eigenvalue weighted by atomic mass is 10.1. The molecule has 1 aromatic heterocycles. The van der Waals surface area contributed by atoms with Gasteiger partial charge in [0, 0.05) is 11.0 Å². The first-order valence-corrected chi connectivity index (χ1v) is 8.34. The second-order valence-electron chi connectivity index (χ2n) is 5.45. The largest absolute Gasteiger partial charge is 0.484 e. The van der Waals surface area contributed by atoms with Gasteiger partial charge < -0.3 is 4.74 Å². The quantitative estimate of drug-likeness (QED) is 0.647. The van der Waals surface area contributed by atoms with E-state index in [1.54, 1.807) is 17.4 Å². The Labute approximate surface area is 145 Å². The number of ether oxygens (including phenoxy) is 1. The van der Waals surface area contributed by atoms with Crippen LogP contribution in [-0.2, 0) is 9.59 Å². The first-order valence-electron chi connectivity index (χ1n) is 7.46. The van der Waals surface area contributed by atoms with Crippen molar-refractivity contribution in [2.24, 2.45) is 0 Å². The van der Waals surface area contributed by atoms with E-state index in [1.807, 2.05) is 50.4 Å². The molecule has 0 aliphatic rings. The van der Waals surface area contributed by atoms with Gasteiger partial charge in [0.2, 0.25) is 0 Å². The highest BCUT2D eigenvalue weighted by atomic mass is 32.1. The van der Waals surface area contributed by atoms with Crippen LogP contribution in [0, 0.1) is 20.8 Å². The van der Waals surface area contributed by atoms with Crippen LogP contribution in [0.3, 0.4) is 0 Å². The van der Waals surface area contributed by atoms with Crippen LogP contribution in [0.15, 0.2) is 35.7 Å². The van der Waals surface area contributed by atoms with Crippen molar-refractivity contribution in [3.8, 4) is 5.75 Å². The number of thiophene rings is 1. The van der Waals surface area contributed by atoms with E-state index in [0.717, 1.165) is 21.6 Å². The summed E-state index contributed by atoms with van der Waals surface area (Å²) in [6, 6.07) is 7.71. The van der Waals surface area contributed by atoms with E-state index in [9.17, 15) is 9.59 Å². The summed E-state index contributed by atoms with van der Waals surface area (Å²) in [4.78, 5) is 24.4. The molecule has 2 N–H and O–H groups in total. The van der Waals surface area contributed by atoms with Gasteiger partial charge >= 0.3 is 0 Å². The van der Waals surface area contributed by atoms with Crippen LogP contribution in [-0.4, -0.2) is 18.4 Å². The molecule has 1 heterocycles. The Morgan fingerprint density at radius 1 is 1.12 bits per heavy atom. The molecular weight excluding hydrogens is 324 g/mol. The van der Waals surface area contributed by atoms with Gasteiger partial charge in [-0.1, -0.05) is 6.07 Å². The van der Waals surface area contributed by atoms with Crippen molar-refractivity contribution in [3.63, 3.8) is 0 Å². The van der Waals surface area contributed by atoms with Gasteiger partial charge in [0.1, 0.15) is 5.75 Å². The number of hydrogen-bond donors (Lipinski definition) is 2. The number of hydrazine groups is 1. The lowest BCUT2D eigenvalue weighted by Crippen LogP contribution is -2.43. The molecular formula is C18H20N2O3S. The fourth-order valence-corrected chi connectivity index (χ4v) is 2.90. The highest BCUT2D eigenvalue weighted by Crippen LogP contribution is 2.17. The summed E-state index contributed by atoms with van der Waals surface area (Å²) < 4.78 is 5.42. The minimum absolute atomic E-state index is 0.170. The topological polar surface area (TPSA) is 67.4 Å².